The van der Waals surface area contributed by atoms with Crippen LogP contribution >= 0.6 is 12.4 Å². The molecule has 0 aromatic carbocycles. The number of hydrogen-bond acceptors (Lipinski definition) is 7. The molecule has 108 valence electrons. The topological polar surface area (TPSA) is 162 Å². The lowest BCUT2D eigenvalue weighted by atomic mass is 10.1. The van der Waals surface area contributed by atoms with Gasteiger partial charge in [0.05, 0.1) is 6.61 Å². The van der Waals surface area contributed by atoms with E-state index in [2.05, 4.69) is 10.2 Å². The highest BCUT2D eigenvalue weighted by Gasteiger charge is 2.45. The molecule has 1 fully saturated rings. The fraction of sp³-hybridized carbons (Fsp3) is 0.556. The van der Waals surface area contributed by atoms with Crippen molar-refractivity contribution in [3.8, 4) is 5.75 Å². The normalized spacial score (nSPS) is 30.1. The van der Waals surface area contributed by atoms with Crippen molar-refractivity contribution >= 4 is 18.3 Å². The molecular weight excluding hydrogens is 282 g/mol. The zero-order valence-electron chi connectivity index (χ0n) is 9.55. The van der Waals surface area contributed by atoms with Crippen molar-refractivity contribution in [3.05, 3.63) is 11.4 Å². The van der Waals surface area contributed by atoms with Gasteiger partial charge in [-0.2, -0.15) is 5.10 Å². The van der Waals surface area contributed by atoms with Crippen LogP contribution in [-0.4, -0.2) is 61.4 Å². The first-order chi connectivity index (χ1) is 8.47. The number of rotatable bonds is 3. The van der Waals surface area contributed by atoms with E-state index in [1.165, 1.54) is 0 Å². The van der Waals surface area contributed by atoms with Crippen molar-refractivity contribution in [2.75, 3.05) is 6.61 Å². The van der Waals surface area contributed by atoms with Crippen LogP contribution in [0.1, 0.15) is 22.3 Å². The Morgan fingerprint density at radius 3 is 2.47 bits per heavy atom. The number of primary amides is 1. The molecule has 0 unspecified atom stereocenters. The summed E-state index contributed by atoms with van der Waals surface area (Å²) in [4.78, 5) is 10.9. The summed E-state index contributed by atoms with van der Waals surface area (Å²) in [6.45, 7) is -0.494. The number of nitrogens with two attached hydrogens (primary N) is 1. The summed E-state index contributed by atoms with van der Waals surface area (Å²) in [5.74, 6) is -1.49. The van der Waals surface area contributed by atoms with Crippen LogP contribution < -0.4 is 5.73 Å². The molecule has 1 saturated heterocycles. The lowest BCUT2D eigenvalue weighted by Crippen LogP contribution is -2.32. The third kappa shape index (κ3) is 2.51. The molecule has 0 radical (unpaired) electrons. The minimum absolute atomic E-state index is 0. The van der Waals surface area contributed by atoms with E-state index in [1.807, 2.05) is 0 Å². The maximum absolute atomic E-state index is 10.9. The maximum atomic E-state index is 10.9. The molecular formula is C9H14ClN3O6. The minimum Gasteiger partial charge on any atom is -0.504 e. The van der Waals surface area contributed by atoms with Gasteiger partial charge in [0.2, 0.25) is 0 Å². The third-order valence-corrected chi connectivity index (χ3v) is 2.83. The Bertz CT molecular complexity index is 467. The monoisotopic (exact) mass is 295 g/mol. The summed E-state index contributed by atoms with van der Waals surface area (Å²) in [6, 6.07) is 0. The first-order valence-electron chi connectivity index (χ1n) is 5.16. The van der Waals surface area contributed by atoms with Crippen molar-refractivity contribution in [2.24, 2.45) is 5.73 Å². The number of amides is 1. The van der Waals surface area contributed by atoms with E-state index in [0.29, 0.717) is 0 Å². The van der Waals surface area contributed by atoms with E-state index in [-0.39, 0.29) is 23.8 Å². The summed E-state index contributed by atoms with van der Waals surface area (Å²) in [5.41, 5.74) is 4.50. The summed E-state index contributed by atoms with van der Waals surface area (Å²) in [7, 11) is 0. The average molecular weight is 296 g/mol. The second-order valence-corrected chi connectivity index (χ2v) is 3.96. The summed E-state index contributed by atoms with van der Waals surface area (Å²) < 4.78 is 5.16. The molecule has 10 heteroatoms. The predicted molar refractivity (Wildman–Crippen MR) is 62.7 cm³/mol. The molecule has 19 heavy (non-hydrogen) atoms. The van der Waals surface area contributed by atoms with Crippen LogP contribution in [0.3, 0.4) is 0 Å². The van der Waals surface area contributed by atoms with Crippen molar-refractivity contribution in [3.63, 3.8) is 0 Å². The highest BCUT2D eigenvalue weighted by Crippen LogP contribution is 2.37. The van der Waals surface area contributed by atoms with Crippen LogP contribution in [0, 0.1) is 0 Å². The lowest BCUT2D eigenvalue weighted by Gasteiger charge is -2.12. The molecule has 1 aliphatic rings. The number of aromatic hydroxyl groups is 1. The Balaban J connectivity index is 0.00000180. The number of nitrogens with one attached hydrogen (secondary N) is 1. The number of aromatic amines is 1. The molecule has 1 aliphatic heterocycles. The Morgan fingerprint density at radius 1 is 1.42 bits per heavy atom. The smallest absolute Gasteiger partial charge is 0.273 e. The lowest BCUT2D eigenvalue weighted by molar-refractivity contribution is -0.0245. The van der Waals surface area contributed by atoms with E-state index in [1.54, 1.807) is 0 Å². The summed E-state index contributed by atoms with van der Waals surface area (Å²) in [5, 5.41) is 43.7. The Labute approximate surface area is 113 Å². The second-order valence-electron chi connectivity index (χ2n) is 3.96. The van der Waals surface area contributed by atoms with Gasteiger partial charge in [0.1, 0.15) is 30.1 Å². The van der Waals surface area contributed by atoms with Crippen LogP contribution in [-0.2, 0) is 4.74 Å². The number of aromatic nitrogens is 2. The Kier molecular flexibility index (Phi) is 4.71. The number of nitrogens with zero attached hydrogens (tertiary/aromatic N) is 1. The molecule has 0 aliphatic carbocycles. The third-order valence-electron chi connectivity index (χ3n) is 2.83. The highest BCUT2D eigenvalue weighted by atomic mass is 35.5. The van der Waals surface area contributed by atoms with Crippen LogP contribution in [0.5, 0.6) is 5.75 Å². The van der Waals surface area contributed by atoms with Gasteiger partial charge in [-0.25, -0.2) is 0 Å². The first kappa shape index (κ1) is 15.7. The number of halogens is 1. The molecule has 0 spiro atoms. The largest absolute Gasteiger partial charge is 0.504 e. The van der Waals surface area contributed by atoms with Crippen LogP contribution in [0.25, 0.3) is 0 Å². The van der Waals surface area contributed by atoms with Gasteiger partial charge in [0.25, 0.3) is 5.91 Å². The van der Waals surface area contributed by atoms with Gasteiger partial charge in [-0.15, -0.1) is 12.4 Å². The minimum atomic E-state index is -1.37. The molecule has 2 heterocycles. The van der Waals surface area contributed by atoms with Gasteiger partial charge >= 0.3 is 0 Å². The summed E-state index contributed by atoms with van der Waals surface area (Å²) in [6.07, 6.45) is -4.78. The van der Waals surface area contributed by atoms with E-state index in [0.717, 1.165) is 0 Å². The molecule has 0 bridgehead atoms. The Hall–Kier alpha value is -1.39. The van der Waals surface area contributed by atoms with Crippen molar-refractivity contribution in [1.82, 2.24) is 10.2 Å². The number of ether oxygens (including phenoxy) is 1. The van der Waals surface area contributed by atoms with Crippen LogP contribution in [0.4, 0.5) is 0 Å². The zero-order valence-corrected chi connectivity index (χ0v) is 10.4. The van der Waals surface area contributed by atoms with E-state index < -0.39 is 42.7 Å². The molecule has 9 nitrogen and oxygen atoms in total. The fourth-order valence-electron chi connectivity index (χ4n) is 1.86. The molecule has 1 amide bonds. The second kappa shape index (κ2) is 5.72. The SMILES string of the molecule is Cl.NC(=O)c1n[nH]c([C@@H]2O[C@H](CO)[C@@H](O)[C@H]2O)c1O. The highest BCUT2D eigenvalue weighted by molar-refractivity contribution is 5.93. The van der Waals surface area contributed by atoms with E-state index in [4.69, 9.17) is 15.6 Å². The first-order valence-corrected chi connectivity index (χ1v) is 5.16. The molecule has 1 aromatic rings. The van der Waals surface area contributed by atoms with Gasteiger partial charge in [0, 0.05) is 0 Å². The zero-order chi connectivity index (χ0) is 13.4. The quantitative estimate of drug-likeness (QED) is 0.368. The van der Waals surface area contributed by atoms with Gasteiger partial charge in [0.15, 0.2) is 11.4 Å². The fourth-order valence-corrected chi connectivity index (χ4v) is 1.86. The number of hydrogen-bond donors (Lipinski definition) is 6. The van der Waals surface area contributed by atoms with Crippen molar-refractivity contribution < 1.29 is 30.0 Å². The molecule has 0 saturated carbocycles. The van der Waals surface area contributed by atoms with Crippen molar-refractivity contribution in [2.45, 2.75) is 24.4 Å². The molecule has 1 aromatic heterocycles. The molecule has 2 rings (SSSR count). The van der Waals surface area contributed by atoms with Crippen LogP contribution in [0.15, 0.2) is 0 Å². The number of aliphatic hydroxyl groups excluding tert-OH is 3. The number of carbonyl (C=O) groups excluding carboxylic acids is 1. The standard InChI is InChI=1S/C9H13N3O6.ClH/c10-9(17)4-6(15)3(11-12-4)8-7(16)5(14)2(1-13)18-8;/h2,5,7-8,13-16H,1H2,(H2,10,17)(H,11,12);1H/t2-,5-,7-,8+;/m1./s1. The van der Waals surface area contributed by atoms with E-state index >= 15 is 0 Å². The van der Waals surface area contributed by atoms with Gasteiger partial charge in [-0.1, -0.05) is 0 Å². The van der Waals surface area contributed by atoms with Gasteiger partial charge in [-0.3, -0.25) is 9.89 Å². The molecule has 7 N–H and O–H groups in total. The summed E-state index contributed by atoms with van der Waals surface area (Å²) >= 11 is 0. The number of aliphatic hydroxyl groups is 3. The maximum Gasteiger partial charge on any atom is 0.273 e. The predicted octanol–water partition coefficient (Wildman–Crippen LogP) is -2.21. The average Bonchev–Trinajstić information content (AvgIpc) is 2.82. The number of carbonyl (C=O) groups is 1. The molecule has 4 atom stereocenters. The Morgan fingerprint density at radius 2 is 2.05 bits per heavy atom. The van der Waals surface area contributed by atoms with Gasteiger partial charge < -0.3 is 30.9 Å². The van der Waals surface area contributed by atoms with E-state index in [9.17, 15) is 20.1 Å². The van der Waals surface area contributed by atoms with Gasteiger partial charge in [-0.05, 0) is 0 Å². The van der Waals surface area contributed by atoms with Crippen LogP contribution in [0.2, 0.25) is 0 Å². The number of H-pyrrole nitrogens is 1. The van der Waals surface area contributed by atoms with Crippen molar-refractivity contribution in [1.29, 1.82) is 0 Å².